The van der Waals surface area contributed by atoms with Gasteiger partial charge in [-0.05, 0) is 48.6 Å². The minimum absolute atomic E-state index is 0.207. The maximum atomic E-state index is 11.7. The van der Waals surface area contributed by atoms with Gasteiger partial charge in [0.15, 0.2) is 6.29 Å². The van der Waals surface area contributed by atoms with E-state index in [2.05, 4.69) is 0 Å². The summed E-state index contributed by atoms with van der Waals surface area (Å²) in [5.74, 6) is 0. The molecule has 2 aromatic rings. The molecule has 16 heavy (non-hydrogen) atoms. The summed E-state index contributed by atoms with van der Waals surface area (Å²) in [6, 6.07) is 5.62. The summed E-state index contributed by atoms with van der Waals surface area (Å²) in [4.78, 5) is 22.5. The lowest BCUT2D eigenvalue weighted by molar-refractivity contribution is 0.112. The molecule has 3 heteroatoms. The van der Waals surface area contributed by atoms with Crippen LogP contribution in [-0.4, -0.2) is 10.9 Å². The van der Waals surface area contributed by atoms with Gasteiger partial charge in [-0.1, -0.05) is 0 Å². The zero-order chi connectivity index (χ0) is 11.9. The number of aryl methyl sites for hydroxylation is 3. The minimum atomic E-state index is -0.245. The van der Waals surface area contributed by atoms with E-state index in [0.717, 1.165) is 22.0 Å². The van der Waals surface area contributed by atoms with Gasteiger partial charge in [0.2, 0.25) is 0 Å². The van der Waals surface area contributed by atoms with Crippen molar-refractivity contribution in [1.82, 2.24) is 4.57 Å². The van der Waals surface area contributed by atoms with Crippen LogP contribution in [0.1, 0.15) is 21.5 Å². The summed E-state index contributed by atoms with van der Waals surface area (Å²) in [5.41, 5.74) is 3.12. The highest BCUT2D eigenvalue weighted by atomic mass is 16.1. The number of carbonyl (C=O) groups excluding carboxylic acids is 1. The summed E-state index contributed by atoms with van der Waals surface area (Å²) in [6.07, 6.45) is 0.608. The monoisotopic (exact) mass is 215 g/mol. The summed E-state index contributed by atoms with van der Waals surface area (Å²) in [5, 5.41) is 0.923. The molecule has 2 rings (SSSR count). The van der Waals surface area contributed by atoms with Crippen molar-refractivity contribution in [1.29, 1.82) is 0 Å². The molecule has 0 radical (unpaired) electrons. The largest absolute Gasteiger partial charge is 0.311 e. The minimum Gasteiger partial charge on any atom is -0.311 e. The second-order valence-electron chi connectivity index (χ2n) is 4.08. The van der Waals surface area contributed by atoms with Crippen molar-refractivity contribution in [3.63, 3.8) is 0 Å². The molecule has 0 atom stereocenters. The van der Waals surface area contributed by atoms with Crippen LogP contribution >= 0.6 is 0 Å². The Morgan fingerprint density at radius 2 is 1.75 bits per heavy atom. The van der Waals surface area contributed by atoms with E-state index in [4.69, 9.17) is 0 Å². The van der Waals surface area contributed by atoms with Crippen molar-refractivity contribution < 1.29 is 4.79 Å². The van der Waals surface area contributed by atoms with Crippen molar-refractivity contribution in [3.8, 4) is 0 Å². The molecular weight excluding hydrogens is 202 g/mol. The second kappa shape index (κ2) is 3.59. The first-order valence-electron chi connectivity index (χ1n) is 5.10. The topological polar surface area (TPSA) is 39.1 Å². The molecular formula is C13H13NO2. The Hall–Kier alpha value is -1.90. The molecule has 1 heterocycles. The average Bonchev–Trinajstić information content (AvgIpc) is 2.26. The van der Waals surface area contributed by atoms with Crippen molar-refractivity contribution in [2.75, 3.05) is 0 Å². The average molecular weight is 215 g/mol. The maximum absolute atomic E-state index is 11.7. The molecule has 0 aliphatic heterocycles. The quantitative estimate of drug-likeness (QED) is 0.682. The highest BCUT2D eigenvalue weighted by Gasteiger charge is 2.06. The van der Waals surface area contributed by atoms with Crippen LogP contribution < -0.4 is 5.56 Å². The lowest BCUT2D eigenvalue weighted by Gasteiger charge is -2.08. The Bertz CT molecular complexity index is 638. The van der Waals surface area contributed by atoms with Crippen LogP contribution in [0.3, 0.4) is 0 Å². The zero-order valence-corrected chi connectivity index (χ0v) is 9.57. The summed E-state index contributed by atoms with van der Waals surface area (Å²) in [6.45, 7) is 4.02. The lowest BCUT2D eigenvalue weighted by atomic mass is 10.0. The number of nitrogens with zero attached hydrogens (tertiary/aromatic N) is 1. The van der Waals surface area contributed by atoms with Crippen molar-refractivity contribution >= 4 is 17.2 Å². The zero-order valence-electron chi connectivity index (χ0n) is 9.57. The summed E-state index contributed by atoms with van der Waals surface area (Å²) in [7, 11) is 1.69. The van der Waals surface area contributed by atoms with Crippen LogP contribution in [0.25, 0.3) is 10.9 Å². The number of benzene rings is 1. The molecule has 82 valence electrons. The molecule has 0 saturated carbocycles. The fourth-order valence-electron chi connectivity index (χ4n) is 1.85. The molecule has 3 nitrogen and oxygen atoms in total. The van der Waals surface area contributed by atoms with Crippen LogP contribution in [0.5, 0.6) is 0 Å². The molecule has 1 aromatic heterocycles. The first kappa shape index (κ1) is 10.6. The Morgan fingerprint density at radius 3 is 2.38 bits per heavy atom. The van der Waals surface area contributed by atoms with Crippen LogP contribution in [0.2, 0.25) is 0 Å². The van der Waals surface area contributed by atoms with Gasteiger partial charge in [-0.25, -0.2) is 0 Å². The van der Waals surface area contributed by atoms with Gasteiger partial charge in [-0.15, -0.1) is 0 Å². The number of rotatable bonds is 1. The van der Waals surface area contributed by atoms with Crippen molar-refractivity contribution in [2.24, 2.45) is 7.05 Å². The number of aldehydes is 1. The molecule has 0 aliphatic carbocycles. The van der Waals surface area contributed by atoms with E-state index in [0.29, 0.717) is 6.29 Å². The van der Waals surface area contributed by atoms with Crippen LogP contribution in [0, 0.1) is 13.8 Å². The third-order valence-electron chi connectivity index (χ3n) is 2.99. The number of fused-ring (bicyclic) bond motifs is 1. The maximum Gasteiger partial charge on any atom is 0.261 e. The smallest absolute Gasteiger partial charge is 0.261 e. The van der Waals surface area contributed by atoms with E-state index in [-0.39, 0.29) is 11.1 Å². The van der Waals surface area contributed by atoms with Gasteiger partial charge in [-0.2, -0.15) is 0 Å². The molecule has 0 amide bonds. The number of pyridine rings is 1. The Kier molecular flexibility index (Phi) is 2.38. The van der Waals surface area contributed by atoms with E-state index in [9.17, 15) is 9.59 Å². The lowest BCUT2D eigenvalue weighted by Crippen LogP contribution is -2.21. The fourth-order valence-corrected chi connectivity index (χ4v) is 1.85. The number of aromatic nitrogens is 1. The normalized spacial score (nSPS) is 10.7. The van der Waals surface area contributed by atoms with Gasteiger partial charge in [0.25, 0.3) is 5.56 Å². The molecule has 0 fully saturated rings. The van der Waals surface area contributed by atoms with Gasteiger partial charge in [0.1, 0.15) is 0 Å². The highest BCUT2D eigenvalue weighted by Crippen LogP contribution is 2.18. The fraction of sp³-hybridized carbons (Fsp3) is 0.231. The first-order chi connectivity index (χ1) is 7.54. The second-order valence-corrected chi connectivity index (χ2v) is 4.08. The Balaban J connectivity index is 2.98. The predicted molar refractivity (Wildman–Crippen MR) is 64.1 cm³/mol. The van der Waals surface area contributed by atoms with Gasteiger partial charge < -0.3 is 4.57 Å². The van der Waals surface area contributed by atoms with Gasteiger partial charge >= 0.3 is 0 Å². The first-order valence-corrected chi connectivity index (χ1v) is 5.10. The Morgan fingerprint density at radius 1 is 1.12 bits per heavy atom. The summed E-state index contributed by atoms with van der Waals surface area (Å²) >= 11 is 0. The third-order valence-corrected chi connectivity index (χ3v) is 2.99. The van der Waals surface area contributed by atoms with Gasteiger partial charge in [-0.3, -0.25) is 9.59 Å². The SMILES string of the molecule is Cc1cc2cc(C=O)c(=O)n(C)c2cc1C. The van der Waals surface area contributed by atoms with E-state index in [1.54, 1.807) is 13.1 Å². The summed E-state index contributed by atoms with van der Waals surface area (Å²) < 4.78 is 1.52. The highest BCUT2D eigenvalue weighted by molar-refractivity contribution is 5.87. The van der Waals surface area contributed by atoms with Crippen LogP contribution in [0.4, 0.5) is 0 Å². The van der Waals surface area contributed by atoms with Crippen LogP contribution in [-0.2, 0) is 7.05 Å². The molecule has 1 aromatic carbocycles. The molecule has 0 aliphatic rings. The van der Waals surface area contributed by atoms with Crippen LogP contribution in [0.15, 0.2) is 23.0 Å². The number of hydrogen-bond acceptors (Lipinski definition) is 2. The van der Waals surface area contributed by atoms with Crippen molar-refractivity contribution in [2.45, 2.75) is 13.8 Å². The molecule has 0 saturated heterocycles. The number of hydrogen-bond donors (Lipinski definition) is 0. The van der Waals surface area contributed by atoms with E-state index >= 15 is 0 Å². The van der Waals surface area contributed by atoms with Gasteiger partial charge in [0.05, 0.1) is 11.1 Å². The van der Waals surface area contributed by atoms with Crippen molar-refractivity contribution in [3.05, 3.63) is 45.2 Å². The molecule has 0 N–H and O–H groups in total. The molecule has 0 unspecified atom stereocenters. The van der Waals surface area contributed by atoms with E-state index in [1.807, 2.05) is 26.0 Å². The Labute approximate surface area is 93.3 Å². The third kappa shape index (κ3) is 1.45. The predicted octanol–water partition coefficient (Wildman–Crippen LogP) is 1.97. The van der Waals surface area contributed by atoms with Gasteiger partial charge in [0, 0.05) is 7.05 Å². The van der Waals surface area contributed by atoms with E-state index in [1.165, 1.54) is 4.57 Å². The molecule has 0 bridgehead atoms. The number of carbonyl (C=O) groups is 1. The van der Waals surface area contributed by atoms with E-state index < -0.39 is 0 Å². The molecule has 0 spiro atoms. The standard InChI is InChI=1S/C13H13NO2/c1-8-4-10-6-11(7-15)13(16)14(3)12(10)5-9(8)2/h4-7H,1-3H3.